The zero-order valence-electron chi connectivity index (χ0n) is 17.2. The number of anilines is 2. The standard InChI is InChI=1S/C22H31N3O4/c1-2-21(27)25-14-6-7-17(15-25)22(28)29-16-20(26)23-18-8-10-19(11-9-18)24-12-4-3-5-13-24/h8-11,17H,2-7,12-16H2,1H3,(H,23,26). The van der Waals surface area contributed by atoms with Crippen molar-refractivity contribution in [3.8, 4) is 0 Å². The molecule has 1 unspecified atom stereocenters. The molecule has 2 aliphatic rings. The molecule has 7 nitrogen and oxygen atoms in total. The lowest BCUT2D eigenvalue weighted by atomic mass is 9.98. The summed E-state index contributed by atoms with van der Waals surface area (Å²) in [4.78, 5) is 40.3. The molecule has 0 aromatic heterocycles. The summed E-state index contributed by atoms with van der Waals surface area (Å²) in [7, 11) is 0. The van der Waals surface area contributed by atoms with Crippen LogP contribution in [0.4, 0.5) is 11.4 Å². The van der Waals surface area contributed by atoms with Gasteiger partial charge in [-0.25, -0.2) is 0 Å². The first kappa shape index (κ1) is 21.1. The van der Waals surface area contributed by atoms with Crippen molar-refractivity contribution in [3.63, 3.8) is 0 Å². The Hall–Kier alpha value is -2.57. The fourth-order valence-corrected chi connectivity index (χ4v) is 3.98. The minimum absolute atomic E-state index is 0.0493. The molecular weight excluding hydrogens is 370 g/mol. The predicted molar refractivity (Wildman–Crippen MR) is 112 cm³/mol. The zero-order chi connectivity index (χ0) is 20.6. The molecule has 2 aliphatic heterocycles. The first-order chi connectivity index (χ1) is 14.1. The van der Waals surface area contributed by atoms with Gasteiger partial charge in [-0.2, -0.15) is 0 Å². The largest absolute Gasteiger partial charge is 0.455 e. The predicted octanol–water partition coefficient (Wildman–Crippen LogP) is 2.81. The van der Waals surface area contributed by atoms with Gasteiger partial charge in [0.1, 0.15) is 0 Å². The number of piperidine rings is 2. The van der Waals surface area contributed by atoms with Crippen molar-refractivity contribution in [2.45, 2.75) is 45.4 Å². The van der Waals surface area contributed by atoms with Crippen LogP contribution in [0.25, 0.3) is 0 Å². The van der Waals surface area contributed by atoms with Gasteiger partial charge in [0.05, 0.1) is 5.92 Å². The van der Waals surface area contributed by atoms with Gasteiger partial charge in [0, 0.05) is 44.0 Å². The number of hydrogen-bond acceptors (Lipinski definition) is 5. The minimum Gasteiger partial charge on any atom is -0.455 e. The number of nitrogens with one attached hydrogen (secondary N) is 1. The van der Waals surface area contributed by atoms with Crippen LogP contribution in [0.2, 0.25) is 0 Å². The normalized spacial score (nSPS) is 19.6. The summed E-state index contributed by atoms with van der Waals surface area (Å²) in [5.74, 6) is -1.07. The molecule has 1 atom stereocenters. The number of nitrogens with zero attached hydrogens (tertiary/aromatic N) is 2. The number of benzene rings is 1. The third-order valence-electron chi connectivity index (χ3n) is 5.63. The van der Waals surface area contributed by atoms with Gasteiger partial charge in [0.15, 0.2) is 6.61 Å². The molecule has 158 valence electrons. The Labute approximate surface area is 172 Å². The minimum atomic E-state index is -0.408. The molecule has 3 rings (SSSR count). The van der Waals surface area contributed by atoms with E-state index in [-0.39, 0.29) is 24.3 Å². The summed E-state index contributed by atoms with van der Waals surface area (Å²) in [5, 5.41) is 2.77. The van der Waals surface area contributed by atoms with Gasteiger partial charge < -0.3 is 19.9 Å². The highest BCUT2D eigenvalue weighted by molar-refractivity contribution is 5.93. The van der Waals surface area contributed by atoms with E-state index in [1.54, 1.807) is 4.90 Å². The molecule has 1 N–H and O–H groups in total. The summed E-state index contributed by atoms with van der Waals surface area (Å²) in [6.07, 6.45) is 5.62. The van der Waals surface area contributed by atoms with Crippen LogP contribution in [0.5, 0.6) is 0 Å². The van der Waals surface area contributed by atoms with Gasteiger partial charge >= 0.3 is 5.97 Å². The van der Waals surface area contributed by atoms with Crippen molar-refractivity contribution in [1.29, 1.82) is 0 Å². The molecule has 2 fully saturated rings. The Bertz CT molecular complexity index is 713. The van der Waals surface area contributed by atoms with Gasteiger partial charge in [-0.15, -0.1) is 0 Å². The Morgan fingerprint density at radius 2 is 1.76 bits per heavy atom. The fourth-order valence-electron chi connectivity index (χ4n) is 3.98. The maximum atomic E-state index is 12.3. The second-order valence-corrected chi connectivity index (χ2v) is 7.78. The molecule has 0 spiro atoms. The van der Waals surface area contributed by atoms with Gasteiger partial charge in [0.2, 0.25) is 5.91 Å². The molecule has 0 aliphatic carbocycles. The van der Waals surface area contributed by atoms with Crippen molar-refractivity contribution < 1.29 is 19.1 Å². The van der Waals surface area contributed by atoms with Crippen molar-refractivity contribution in [2.75, 3.05) is 43.0 Å². The van der Waals surface area contributed by atoms with Gasteiger partial charge in [-0.3, -0.25) is 14.4 Å². The van der Waals surface area contributed by atoms with E-state index in [1.807, 2.05) is 31.2 Å². The van der Waals surface area contributed by atoms with Crippen molar-refractivity contribution >= 4 is 29.2 Å². The lowest BCUT2D eigenvalue weighted by Crippen LogP contribution is -2.42. The van der Waals surface area contributed by atoms with Crippen LogP contribution in [0.1, 0.15) is 45.4 Å². The van der Waals surface area contributed by atoms with Gasteiger partial charge in [0.25, 0.3) is 5.91 Å². The Morgan fingerprint density at radius 3 is 2.45 bits per heavy atom. The first-order valence-corrected chi connectivity index (χ1v) is 10.7. The smallest absolute Gasteiger partial charge is 0.311 e. The zero-order valence-corrected chi connectivity index (χ0v) is 17.2. The SMILES string of the molecule is CCC(=O)N1CCCC(C(=O)OCC(=O)Nc2ccc(N3CCCCC3)cc2)C1. The molecule has 2 heterocycles. The quantitative estimate of drug-likeness (QED) is 0.742. The van der Waals surface area contributed by atoms with Crippen molar-refractivity contribution in [1.82, 2.24) is 4.90 Å². The topological polar surface area (TPSA) is 78.9 Å². The van der Waals surface area contributed by atoms with Crippen molar-refractivity contribution in [3.05, 3.63) is 24.3 Å². The average Bonchev–Trinajstić information content (AvgIpc) is 2.78. The number of esters is 1. The number of carbonyl (C=O) groups excluding carboxylic acids is 3. The highest BCUT2D eigenvalue weighted by Gasteiger charge is 2.29. The highest BCUT2D eigenvalue weighted by atomic mass is 16.5. The van der Waals surface area contributed by atoms with E-state index in [0.29, 0.717) is 31.6 Å². The van der Waals surface area contributed by atoms with E-state index in [0.717, 1.165) is 25.2 Å². The van der Waals surface area contributed by atoms with Crippen LogP contribution in [0.15, 0.2) is 24.3 Å². The molecule has 1 aromatic carbocycles. The fraction of sp³-hybridized carbons (Fsp3) is 0.591. The third kappa shape index (κ3) is 5.95. The second kappa shape index (κ2) is 10.3. The maximum absolute atomic E-state index is 12.3. The number of likely N-dealkylation sites (tertiary alicyclic amines) is 1. The van der Waals surface area contributed by atoms with Crippen molar-refractivity contribution in [2.24, 2.45) is 5.92 Å². The number of ether oxygens (including phenoxy) is 1. The molecule has 0 radical (unpaired) electrons. The van der Waals surface area contributed by atoms with Crippen LogP contribution < -0.4 is 10.2 Å². The summed E-state index contributed by atoms with van der Waals surface area (Å²) < 4.78 is 5.20. The monoisotopic (exact) mass is 401 g/mol. The third-order valence-corrected chi connectivity index (χ3v) is 5.63. The molecule has 0 bridgehead atoms. The van der Waals surface area contributed by atoms with E-state index in [2.05, 4.69) is 10.2 Å². The van der Waals surface area contributed by atoms with E-state index >= 15 is 0 Å². The molecule has 2 saturated heterocycles. The summed E-state index contributed by atoms with van der Waals surface area (Å²) in [5.41, 5.74) is 1.85. The summed E-state index contributed by atoms with van der Waals surface area (Å²) >= 11 is 0. The molecule has 7 heteroatoms. The van der Waals surface area contributed by atoms with Crippen LogP contribution in [-0.2, 0) is 19.1 Å². The molecule has 1 aromatic rings. The Kier molecular flexibility index (Phi) is 7.49. The highest BCUT2D eigenvalue weighted by Crippen LogP contribution is 2.22. The molecule has 29 heavy (non-hydrogen) atoms. The number of amides is 2. The lowest BCUT2D eigenvalue weighted by Gasteiger charge is -2.31. The number of carbonyl (C=O) groups is 3. The Morgan fingerprint density at radius 1 is 1.03 bits per heavy atom. The van der Waals surface area contributed by atoms with Crippen LogP contribution in [0, 0.1) is 5.92 Å². The first-order valence-electron chi connectivity index (χ1n) is 10.7. The average molecular weight is 402 g/mol. The maximum Gasteiger partial charge on any atom is 0.311 e. The van der Waals surface area contributed by atoms with E-state index in [4.69, 9.17) is 4.74 Å². The van der Waals surface area contributed by atoms with Crippen LogP contribution >= 0.6 is 0 Å². The van der Waals surface area contributed by atoms with Crippen LogP contribution in [0.3, 0.4) is 0 Å². The Balaban J connectivity index is 1.43. The summed E-state index contributed by atoms with van der Waals surface area (Å²) in [6, 6.07) is 7.76. The van der Waals surface area contributed by atoms with E-state index in [1.165, 1.54) is 19.3 Å². The molecule has 0 saturated carbocycles. The molecule has 2 amide bonds. The van der Waals surface area contributed by atoms with E-state index in [9.17, 15) is 14.4 Å². The number of rotatable bonds is 6. The summed E-state index contributed by atoms with van der Waals surface area (Å²) in [6.45, 7) is 4.71. The molecular formula is C22H31N3O4. The van der Waals surface area contributed by atoms with Gasteiger partial charge in [-0.05, 0) is 56.4 Å². The van der Waals surface area contributed by atoms with E-state index < -0.39 is 5.97 Å². The number of hydrogen-bond donors (Lipinski definition) is 1. The van der Waals surface area contributed by atoms with Gasteiger partial charge in [-0.1, -0.05) is 6.92 Å². The van der Waals surface area contributed by atoms with Crippen LogP contribution in [-0.4, -0.2) is 55.5 Å². The lowest BCUT2D eigenvalue weighted by molar-refractivity contribution is -0.154. The second-order valence-electron chi connectivity index (χ2n) is 7.78.